The molecule has 1 aliphatic carbocycles. The largest absolute Gasteiger partial charge is 0.297 e. The van der Waals surface area contributed by atoms with E-state index in [4.69, 9.17) is 5.84 Å². The molecule has 0 saturated heterocycles. The van der Waals surface area contributed by atoms with Gasteiger partial charge in [-0.15, -0.1) is 0 Å². The van der Waals surface area contributed by atoms with E-state index in [1.165, 1.54) is 38.5 Å². The van der Waals surface area contributed by atoms with Crippen molar-refractivity contribution < 1.29 is 0 Å². The van der Waals surface area contributed by atoms with Crippen LogP contribution in [0.4, 0.5) is 0 Å². The van der Waals surface area contributed by atoms with Crippen LogP contribution in [0, 0.1) is 5.92 Å². The van der Waals surface area contributed by atoms with Crippen molar-refractivity contribution >= 4 is 0 Å². The van der Waals surface area contributed by atoms with Crippen LogP contribution in [0.1, 0.15) is 66.2 Å². The van der Waals surface area contributed by atoms with Crippen molar-refractivity contribution in [3.8, 4) is 0 Å². The molecule has 0 heterocycles. The van der Waals surface area contributed by atoms with E-state index in [9.17, 15) is 0 Å². The first-order valence-corrected chi connectivity index (χ1v) is 7.91. The summed E-state index contributed by atoms with van der Waals surface area (Å²) in [5.74, 6) is 6.65. The Bertz CT molecular complexity index is 216. The molecule has 0 amide bonds. The predicted octanol–water partition coefficient (Wildman–Crippen LogP) is 2.91. The van der Waals surface area contributed by atoms with Crippen molar-refractivity contribution in [1.82, 2.24) is 10.3 Å². The molecule has 0 bridgehead atoms. The average Bonchev–Trinajstić information content (AvgIpc) is 2.87. The third-order valence-electron chi connectivity index (χ3n) is 5.14. The fourth-order valence-electron chi connectivity index (χ4n) is 4.15. The molecular weight excluding hydrogens is 222 g/mol. The summed E-state index contributed by atoms with van der Waals surface area (Å²) in [6, 6.07) is 0.440. The molecule has 0 aliphatic heterocycles. The van der Waals surface area contributed by atoms with Gasteiger partial charge in [0.05, 0.1) is 0 Å². The lowest BCUT2D eigenvalue weighted by Crippen LogP contribution is -2.63. The number of hydrazine groups is 1. The number of hydrogen-bond acceptors (Lipinski definition) is 3. The minimum atomic E-state index is 0.301. The lowest BCUT2D eigenvalue weighted by Gasteiger charge is -2.48. The molecule has 1 fully saturated rings. The first-order valence-electron chi connectivity index (χ1n) is 7.91. The monoisotopic (exact) mass is 255 g/mol. The van der Waals surface area contributed by atoms with E-state index in [0.717, 1.165) is 13.1 Å². The molecule has 1 atom stereocenters. The molecule has 1 unspecified atom stereocenters. The summed E-state index contributed by atoms with van der Waals surface area (Å²) >= 11 is 0. The molecule has 1 saturated carbocycles. The van der Waals surface area contributed by atoms with Gasteiger partial charge in [0.2, 0.25) is 0 Å². The van der Waals surface area contributed by atoms with Gasteiger partial charge in [0.15, 0.2) is 0 Å². The molecule has 0 radical (unpaired) electrons. The van der Waals surface area contributed by atoms with Crippen molar-refractivity contribution in [2.24, 2.45) is 11.8 Å². The van der Waals surface area contributed by atoms with E-state index in [2.05, 4.69) is 38.0 Å². The minimum Gasteiger partial charge on any atom is -0.297 e. The second-order valence-corrected chi connectivity index (χ2v) is 5.70. The van der Waals surface area contributed by atoms with Gasteiger partial charge in [-0.3, -0.25) is 16.2 Å². The summed E-state index contributed by atoms with van der Waals surface area (Å²) in [7, 11) is 0. The molecule has 0 aromatic carbocycles. The first-order chi connectivity index (χ1) is 8.69. The van der Waals surface area contributed by atoms with Crippen LogP contribution in [-0.2, 0) is 0 Å². The van der Waals surface area contributed by atoms with Gasteiger partial charge in [0, 0.05) is 11.6 Å². The summed E-state index contributed by atoms with van der Waals surface area (Å²) in [6.45, 7) is 11.4. The molecule has 1 rings (SSSR count). The third-order valence-corrected chi connectivity index (χ3v) is 5.14. The zero-order valence-corrected chi connectivity index (χ0v) is 12.8. The number of likely N-dealkylation sites (N-methyl/N-ethyl adjacent to an activating group) is 1. The summed E-state index contributed by atoms with van der Waals surface area (Å²) in [4.78, 5) is 2.66. The van der Waals surface area contributed by atoms with Crippen molar-refractivity contribution in [2.45, 2.75) is 77.8 Å². The molecule has 3 nitrogen and oxygen atoms in total. The van der Waals surface area contributed by atoms with Gasteiger partial charge in [-0.2, -0.15) is 0 Å². The second-order valence-electron chi connectivity index (χ2n) is 5.70. The Morgan fingerprint density at radius 1 is 1.06 bits per heavy atom. The smallest absolute Gasteiger partial charge is 0.0422 e. The molecule has 1 aliphatic rings. The molecule has 3 N–H and O–H groups in total. The van der Waals surface area contributed by atoms with E-state index in [0.29, 0.717) is 17.5 Å². The molecule has 18 heavy (non-hydrogen) atoms. The van der Waals surface area contributed by atoms with Crippen molar-refractivity contribution in [3.63, 3.8) is 0 Å². The van der Waals surface area contributed by atoms with E-state index in [-0.39, 0.29) is 0 Å². The summed E-state index contributed by atoms with van der Waals surface area (Å²) in [5, 5.41) is 0. The lowest BCUT2D eigenvalue weighted by atomic mass is 9.77. The topological polar surface area (TPSA) is 41.3 Å². The van der Waals surface area contributed by atoms with Crippen LogP contribution in [-0.4, -0.2) is 29.6 Å². The summed E-state index contributed by atoms with van der Waals surface area (Å²) < 4.78 is 0. The van der Waals surface area contributed by atoms with Gasteiger partial charge in [-0.05, 0) is 31.8 Å². The Morgan fingerprint density at radius 2 is 1.56 bits per heavy atom. The van der Waals surface area contributed by atoms with Crippen molar-refractivity contribution in [1.29, 1.82) is 0 Å². The Morgan fingerprint density at radius 3 is 1.89 bits per heavy atom. The highest BCUT2D eigenvalue weighted by Crippen LogP contribution is 2.41. The zero-order chi connectivity index (χ0) is 13.6. The fraction of sp³-hybridized carbons (Fsp3) is 1.00. The van der Waals surface area contributed by atoms with E-state index < -0.39 is 0 Å². The molecule has 0 aromatic heterocycles. The number of hydrogen-bond donors (Lipinski definition) is 2. The van der Waals surface area contributed by atoms with Gasteiger partial charge < -0.3 is 0 Å². The van der Waals surface area contributed by atoms with Crippen LogP contribution in [0.15, 0.2) is 0 Å². The average molecular weight is 255 g/mol. The highest BCUT2D eigenvalue weighted by molar-refractivity contribution is 5.04. The Hall–Kier alpha value is -0.120. The Balaban J connectivity index is 3.00. The van der Waals surface area contributed by atoms with Gasteiger partial charge >= 0.3 is 0 Å². The van der Waals surface area contributed by atoms with Crippen LogP contribution in [0.25, 0.3) is 0 Å². The van der Waals surface area contributed by atoms with Gasteiger partial charge in [-0.25, -0.2) is 0 Å². The minimum absolute atomic E-state index is 0.301. The molecular formula is C15H33N3. The molecule has 108 valence electrons. The van der Waals surface area contributed by atoms with Crippen LogP contribution in [0.5, 0.6) is 0 Å². The summed E-state index contributed by atoms with van der Waals surface area (Å²) in [6.07, 6.45) is 7.76. The molecule has 0 spiro atoms. The maximum atomic E-state index is 5.96. The van der Waals surface area contributed by atoms with E-state index in [1.54, 1.807) is 0 Å². The Labute approximate surface area is 113 Å². The van der Waals surface area contributed by atoms with Crippen molar-refractivity contribution in [3.05, 3.63) is 0 Å². The van der Waals surface area contributed by atoms with Crippen LogP contribution in [0.2, 0.25) is 0 Å². The standard InChI is InChI=1S/C15H33N3/c1-5-13(6-2)14(17-16)15(11-9-10-12-15)18(7-3)8-4/h13-14,17H,5-12,16H2,1-4H3. The van der Waals surface area contributed by atoms with E-state index in [1.807, 2.05) is 0 Å². The SMILES string of the molecule is CCC(CC)C(NN)C1(N(CC)CC)CCCC1. The maximum absolute atomic E-state index is 5.96. The maximum Gasteiger partial charge on any atom is 0.0422 e. The normalized spacial score (nSPS) is 20.8. The lowest BCUT2D eigenvalue weighted by molar-refractivity contribution is 0.0368. The van der Waals surface area contributed by atoms with Gasteiger partial charge in [0.25, 0.3) is 0 Å². The highest BCUT2D eigenvalue weighted by Gasteiger charge is 2.46. The van der Waals surface area contributed by atoms with Gasteiger partial charge in [-0.1, -0.05) is 53.4 Å². The van der Waals surface area contributed by atoms with Crippen LogP contribution in [0.3, 0.4) is 0 Å². The Kier molecular flexibility index (Phi) is 6.61. The predicted molar refractivity (Wildman–Crippen MR) is 79.3 cm³/mol. The number of nitrogens with zero attached hydrogens (tertiary/aromatic N) is 1. The zero-order valence-electron chi connectivity index (χ0n) is 12.8. The first kappa shape index (κ1) is 15.9. The van der Waals surface area contributed by atoms with Crippen LogP contribution < -0.4 is 11.3 Å². The third kappa shape index (κ3) is 2.89. The van der Waals surface area contributed by atoms with Gasteiger partial charge in [0.1, 0.15) is 0 Å². The number of rotatable bonds is 8. The number of nitrogens with one attached hydrogen (secondary N) is 1. The quantitative estimate of drug-likeness (QED) is 0.517. The second kappa shape index (κ2) is 7.46. The number of nitrogens with two attached hydrogens (primary N) is 1. The fourth-order valence-corrected chi connectivity index (χ4v) is 4.15. The summed E-state index contributed by atoms with van der Waals surface area (Å²) in [5.41, 5.74) is 3.49. The molecule has 3 heteroatoms. The van der Waals surface area contributed by atoms with E-state index >= 15 is 0 Å². The highest BCUT2D eigenvalue weighted by atomic mass is 15.3. The molecule has 0 aromatic rings. The van der Waals surface area contributed by atoms with Crippen LogP contribution >= 0.6 is 0 Å². The van der Waals surface area contributed by atoms with Crippen molar-refractivity contribution in [2.75, 3.05) is 13.1 Å².